The number of cyclic esters (lactones) is 2. The number of ether oxygens (including phenoxy) is 8. The molecule has 14 nitrogen and oxygen atoms in total. The predicted molar refractivity (Wildman–Crippen MR) is 157 cm³/mol. The number of esters is 5. The summed E-state index contributed by atoms with van der Waals surface area (Å²) in [7, 11) is 0. The third-order valence-corrected chi connectivity index (χ3v) is 13.9. The fourth-order valence-corrected chi connectivity index (χ4v) is 13.0. The molecule has 8 aliphatic rings. The van der Waals surface area contributed by atoms with Crippen LogP contribution in [0.3, 0.4) is 0 Å². The number of furan rings is 1. The Bertz CT molecular complexity index is 1720. The molecule has 4 bridgehead atoms. The van der Waals surface area contributed by atoms with Crippen LogP contribution in [0, 0.1) is 28.1 Å². The molecule has 8 fully saturated rings. The van der Waals surface area contributed by atoms with Crippen molar-refractivity contribution >= 4 is 29.8 Å². The van der Waals surface area contributed by atoms with Crippen molar-refractivity contribution in [2.45, 2.75) is 127 Å². The smallest absolute Gasteiger partial charge is 0.306 e. The highest BCUT2D eigenvalue weighted by Gasteiger charge is 3.06. The van der Waals surface area contributed by atoms with Gasteiger partial charge in [0.25, 0.3) is 5.97 Å². The van der Waals surface area contributed by atoms with Crippen molar-refractivity contribution in [1.29, 1.82) is 0 Å². The third-order valence-electron chi connectivity index (χ3n) is 13.9. The summed E-state index contributed by atoms with van der Waals surface area (Å²) in [4.78, 5) is 67.5. The quantitative estimate of drug-likeness (QED) is 0.327. The molecule has 4 saturated heterocycles. The summed E-state index contributed by atoms with van der Waals surface area (Å²) in [5.74, 6) is -6.19. The molecule has 0 aromatic carbocycles. The molecule has 49 heavy (non-hydrogen) atoms. The zero-order chi connectivity index (χ0) is 34.8. The first-order chi connectivity index (χ1) is 23.0. The summed E-state index contributed by atoms with van der Waals surface area (Å²) in [6, 6.07) is 1.74. The molecule has 13 atom stereocenters. The highest BCUT2D eigenvalue weighted by molar-refractivity contribution is 5.76. The first-order valence-corrected chi connectivity index (χ1v) is 17.1. The Morgan fingerprint density at radius 3 is 2.29 bits per heavy atom. The Morgan fingerprint density at radius 1 is 0.878 bits per heavy atom. The molecule has 5 unspecified atom stereocenters. The maximum absolute atomic E-state index is 13.8. The van der Waals surface area contributed by atoms with Crippen molar-refractivity contribution in [2.75, 3.05) is 6.61 Å². The molecule has 264 valence electrons. The molecule has 9 rings (SSSR count). The average Bonchev–Trinajstić information content (AvgIpc) is 3.73. The van der Waals surface area contributed by atoms with Crippen LogP contribution in [-0.2, 0) is 61.9 Å². The van der Waals surface area contributed by atoms with E-state index in [1.165, 1.54) is 26.4 Å². The van der Waals surface area contributed by atoms with Gasteiger partial charge in [-0.05, 0) is 31.2 Å². The number of fused-ring (bicyclic) bond motifs is 4. The Morgan fingerprint density at radius 2 is 1.61 bits per heavy atom. The monoisotopic (exact) mass is 684 g/mol. The van der Waals surface area contributed by atoms with Gasteiger partial charge in [0.2, 0.25) is 5.60 Å². The highest BCUT2D eigenvalue weighted by atomic mass is 16.9. The molecule has 3 spiro atoms. The van der Waals surface area contributed by atoms with E-state index in [-0.39, 0.29) is 32.3 Å². The Balaban J connectivity index is 1.42. The summed E-state index contributed by atoms with van der Waals surface area (Å²) >= 11 is 0. The van der Waals surface area contributed by atoms with E-state index in [4.69, 9.17) is 42.3 Å². The summed E-state index contributed by atoms with van der Waals surface area (Å²) in [6.07, 6.45) is 0.0957. The van der Waals surface area contributed by atoms with Gasteiger partial charge in [0, 0.05) is 55.9 Å². The first-order valence-electron chi connectivity index (χ1n) is 17.1. The maximum Gasteiger partial charge on any atom is 0.306 e. The van der Waals surface area contributed by atoms with Gasteiger partial charge in [0.15, 0.2) is 12.2 Å². The normalized spacial score (nSPS) is 52.3. The lowest BCUT2D eigenvalue weighted by Gasteiger charge is -2.77. The minimum absolute atomic E-state index is 0.0514. The first kappa shape index (κ1) is 31.5. The number of hydrogen-bond donors (Lipinski definition) is 0. The molecule has 0 N–H and O–H groups in total. The molecule has 14 heteroatoms. The van der Waals surface area contributed by atoms with Gasteiger partial charge in [-0.25, -0.2) is 0 Å². The maximum atomic E-state index is 13.8. The van der Waals surface area contributed by atoms with Gasteiger partial charge < -0.3 is 42.3 Å². The van der Waals surface area contributed by atoms with E-state index in [1.807, 2.05) is 13.8 Å². The third kappa shape index (κ3) is 3.08. The molecule has 4 saturated carbocycles. The summed E-state index contributed by atoms with van der Waals surface area (Å²) in [5, 5.41) is 0. The van der Waals surface area contributed by atoms with E-state index in [0.29, 0.717) is 18.4 Å². The lowest BCUT2D eigenvalue weighted by atomic mass is 9.33. The van der Waals surface area contributed by atoms with Crippen molar-refractivity contribution in [3.8, 4) is 0 Å². The SMILES string of the molecule is CCC(=O)O[C@@H]1[C@]2(OC(C)=O)[C@@H](OC(C)=O)[C@]3(C)CC24OC2(C)O[C@]15C1CC(=O)O[C@@H](c6ccoc6)[C@]1(C)CC[C@]5(O2)C41COC(=O)CC13. The summed E-state index contributed by atoms with van der Waals surface area (Å²) in [6.45, 7) is 9.47. The lowest BCUT2D eigenvalue weighted by Crippen LogP contribution is -2.95. The standard InChI is InChI=1S/C35H40O14/c1-7-22(38)45-27-34-21-13-24(40)44-25(19-8-11-41-14-19)28(21,4)9-10-32(34)31-16-42-23(39)12-20(31)29(5)15-33(31,48-30(6,47-32)49-34)35(27,46-18(3)37)26(29)43-17(2)36/h8,11,14,20-21,25-27H,7,9-10,12-13,15-16H2,1-6H3/t20?,21?,25-,26-,27-,28+,29+,30?,31?,32-,33?,34+,35+/m0/s1. The van der Waals surface area contributed by atoms with Crippen LogP contribution in [0.25, 0.3) is 0 Å². The second-order valence-electron chi connectivity index (χ2n) is 16.0. The fourth-order valence-electron chi connectivity index (χ4n) is 13.0. The second-order valence-corrected chi connectivity index (χ2v) is 16.0. The number of rotatable bonds is 5. The molecule has 1 aromatic rings. The topological polar surface area (TPSA) is 172 Å². The van der Waals surface area contributed by atoms with Crippen LogP contribution >= 0.6 is 0 Å². The van der Waals surface area contributed by atoms with Crippen LogP contribution in [0.4, 0.5) is 0 Å². The zero-order valence-corrected chi connectivity index (χ0v) is 28.3. The molecule has 0 radical (unpaired) electrons. The fraction of sp³-hybridized carbons (Fsp3) is 0.743. The van der Waals surface area contributed by atoms with Crippen LogP contribution in [0.2, 0.25) is 0 Å². The van der Waals surface area contributed by atoms with Gasteiger partial charge in [-0.15, -0.1) is 0 Å². The van der Waals surface area contributed by atoms with Gasteiger partial charge in [-0.1, -0.05) is 20.8 Å². The molecule has 4 aliphatic carbocycles. The van der Waals surface area contributed by atoms with E-state index in [9.17, 15) is 24.0 Å². The van der Waals surface area contributed by atoms with E-state index < -0.39 is 105 Å². The van der Waals surface area contributed by atoms with Crippen molar-refractivity contribution in [2.24, 2.45) is 28.1 Å². The van der Waals surface area contributed by atoms with Gasteiger partial charge in [-0.3, -0.25) is 24.0 Å². The molecule has 5 heterocycles. The van der Waals surface area contributed by atoms with Crippen molar-refractivity contribution in [3.05, 3.63) is 24.2 Å². The van der Waals surface area contributed by atoms with E-state index in [1.54, 1.807) is 19.9 Å². The van der Waals surface area contributed by atoms with Gasteiger partial charge in [0.1, 0.15) is 29.5 Å². The minimum Gasteiger partial charge on any atom is -0.472 e. The molecule has 1 aromatic heterocycles. The lowest BCUT2D eigenvalue weighted by molar-refractivity contribution is -0.485. The predicted octanol–water partition coefficient (Wildman–Crippen LogP) is 3.19. The van der Waals surface area contributed by atoms with E-state index in [0.717, 1.165) is 0 Å². The van der Waals surface area contributed by atoms with Crippen LogP contribution < -0.4 is 0 Å². The second kappa shape index (κ2) is 9.05. The average molecular weight is 685 g/mol. The Hall–Kier alpha value is -3.49. The van der Waals surface area contributed by atoms with Crippen LogP contribution in [-0.4, -0.2) is 77.0 Å². The minimum atomic E-state index is -2.01. The Labute approximate surface area is 281 Å². The number of carbonyl (C=O) groups excluding carboxylic acids is 5. The van der Waals surface area contributed by atoms with Gasteiger partial charge >= 0.3 is 29.8 Å². The van der Waals surface area contributed by atoms with Crippen LogP contribution in [0.5, 0.6) is 0 Å². The summed E-state index contributed by atoms with van der Waals surface area (Å²) in [5.41, 5.74) is -9.33. The Kier molecular flexibility index (Phi) is 5.81. The van der Waals surface area contributed by atoms with Crippen molar-refractivity contribution in [3.63, 3.8) is 0 Å². The highest BCUT2D eigenvalue weighted by Crippen LogP contribution is 2.90. The zero-order valence-electron chi connectivity index (χ0n) is 28.3. The van der Waals surface area contributed by atoms with Crippen molar-refractivity contribution < 1.29 is 66.3 Å². The molecular weight excluding hydrogens is 644 g/mol. The molecular formula is C35H40O14. The summed E-state index contributed by atoms with van der Waals surface area (Å²) < 4.78 is 58.4. The van der Waals surface area contributed by atoms with E-state index in [2.05, 4.69) is 0 Å². The van der Waals surface area contributed by atoms with Gasteiger partial charge in [0.05, 0.1) is 24.4 Å². The van der Waals surface area contributed by atoms with Crippen LogP contribution in [0.15, 0.2) is 23.0 Å². The molecule has 4 aliphatic heterocycles. The van der Waals surface area contributed by atoms with Crippen molar-refractivity contribution in [1.82, 2.24) is 0 Å². The van der Waals surface area contributed by atoms with E-state index >= 15 is 0 Å². The molecule has 0 amide bonds. The number of carbonyl (C=O) groups is 5. The van der Waals surface area contributed by atoms with Gasteiger partial charge in [-0.2, -0.15) is 0 Å². The van der Waals surface area contributed by atoms with Crippen LogP contribution in [0.1, 0.15) is 91.7 Å². The number of hydrogen-bond acceptors (Lipinski definition) is 14. The largest absolute Gasteiger partial charge is 0.472 e.